The van der Waals surface area contributed by atoms with Crippen LogP contribution in [-0.4, -0.2) is 43.4 Å². The van der Waals surface area contributed by atoms with Crippen molar-refractivity contribution in [2.45, 2.75) is 23.8 Å². The molecule has 0 saturated carbocycles. The van der Waals surface area contributed by atoms with Crippen LogP contribution in [0.4, 0.5) is 4.39 Å². The Morgan fingerprint density at radius 2 is 1.96 bits per heavy atom. The van der Waals surface area contributed by atoms with Gasteiger partial charge < -0.3 is 10.4 Å². The number of sulfonamides is 1. The van der Waals surface area contributed by atoms with Gasteiger partial charge in [0, 0.05) is 19.6 Å². The number of hydrogen-bond acceptors (Lipinski definition) is 4. The monoisotopic (exact) mass is 406 g/mol. The first-order valence-electron chi connectivity index (χ1n) is 9.14. The van der Waals surface area contributed by atoms with E-state index in [-0.39, 0.29) is 23.9 Å². The van der Waals surface area contributed by atoms with E-state index in [1.165, 1.54) is 34.6 Å². The molecule has 1 aliphatic rings. The lowest BCUT2D eigenvalue weighted by Crippen LogP contribution is -2.46. The Morgan fingerprint density at radius 3 is 2.68 bits per heavy atom. The standard InChI is InChI=1S/C20H23FN2O4S/c21-17-8-4-6-15(12-17)19(24)13-22-20(25)16-7-5-11-23(14-16)28(26,27)18-9-2-1-3-10-18/h1-4,6,8-10,12,16,19,24H,5,7,11,13-14H2,(H,22,25). The molecule has 0 aliphatic carbocycles. The summed E-state index contributed by atoms with van der Waals surface area (Å²) in [6.45, 7) is 0.399. The topological polar surface area (TPSA) is 86.7 Å². The summed E-state index contributed by atoms with van der Waals surface area (Å²) >= 11 is 0. The first-order valence-corrected chi connectivity index (χ1v) is 10.6. The van der Waals surface area contributed by atoms with Crippen LogP contribution in [0.1, 0.15) is 24.5 Å². The zero-order valence-corrected chi connectivity index (χ0v) is 16.1. The number of rotatable bonds is 6. The SMILES string of the molecule is O=C(NCC(O)c1cccc(F)c1)C1CCCN(S(=O)(=O)c2ccccc2)C1. The lowest BCUT2D eigenvalue weighted by atomic mass is 9.98. The van der Waals surface area contributed by atoms with Crippen molar-refractivity contribution in [2.24, 2.45) is 5.92 Å². The molecular weight excluding hydrogens is 383 g/mol. The van der Waals surface area contributed by atoms with E-state index in [0.29, 0.717) is 24.9 Å². The van der Waals surface area contributed by atoms with Crippen LogP contribution in [0.3, 0.4) is 0 Å². The van der Waals surface area contributed by atoms with Crippen molar-refractivity contribution >= 4 is 15.9 Å². The summed E-state index contributed by atoms with van der Waals surface area (Å²) in [6.07, 6.45) is 0.117. The van der Waals surface area contributed by atoms with Crippen LogP contribution in [0.25, 0.3) is 0 Å². The number of amides is 1. The Kier molecular flexibility index (Phi) is 6.43. The summed E-state index contributed by atoms with van der Waals surface area (Å²) in [7, 11) is -3.65. The Morgan fingerprint density at radius 1 is 1.21 bits per heavy atom. The molecule has 2 aromatic rings. The van der Waals surface area contributed by atoms with Gasteiger partial charge in [-0.3, -0.25) is 4.79 Å². The third-order valence-electron chi connectivity index (χ3n) is 4.84. The molecule has 150 valence electrons. The van der Waals surface area contributed by atoms with Gasteiger partial charge in [0.2, 0.25) is 15.9 Å². The number of nitrogens with zero attached hydrogens (tertiary/aromatic N) is 1. The van der Waals surface area contributed by atoms with Gasteiger partial charge in [0.25, 0.3) is 0 Å². The van der Waals surface area contributed by atoms with E-state index < -0.39 is 27.9 Å². The highest BCUT2D eigenvalue weighted by atomic mass is 32.2. The average molecular weight is 406 g/mol. The third kappa shape index (κ3) is 4.76. The number of halogens is 1. The van der Waals surface area contributed by atoms with Crippen LogP contribution < -0.4 is 5.32 Å². The number of benzene rings is 2. The van der Waals surface area contributed by atoms with Gasteiger partial charge in [0.1, 0.15) is 5.82 Å². The van der Waals surface area contributed by atoms with Crippen LogP contribution in [0.2, 0.25) is 0 Å². The van der Waals surface area contributed by atoms with Gasteiger partial charge in [-0.2, -0.15) is 4.31 Å². The van der Waals surface area contributed by atoms with Crippen LogP contribution in [0.15, 0.2) is 59.5 Å². The fraction of sp³-hybridized carbons (Fsp3) is 0.350. The largest absolute Gasteiger partial charge is 0.387 e. The molecule has 2 atom stereocenters. The lowest BCUT2D eigenvalue weighted by molar-refractivity contribution is -0.126. The minimum atomic E-state index is -3.65. The van der Waals surface area contributed by atoms with Gasteiger partial charge in [-0.05, 0) is 42.7 Å². The van der Waals surface area contributed by atoms with Crippen molar-refractivity contribution in [3.8, 4) is 0 Å². The average Bonchev–Trinajstić information content (AvgIpc) is 2.72. The Balaban J connectivity index is 1.60. The number of carbonyl (C=O) groups excluding carboxylic acids is 1. The molecule has 8 heteroatoms. The smallest absolute Gasteiger partial charge is 0.243 e. The molecule has 1 aliphatic heterocycles. The number of aliphatic hydroxyl groups excluding tert-OH is 1. The highest BCUT2D eigenvalue weighted by Crippen LogP contribution is 2.24. The molecule has 6 nitrogen and oxygen atoms in total. The summed E-state index contributed by atoms with van der Waals surface area (Å²) in [4.78, 5) is 12.7. The molecule has 1 amide bonds. The summed E-state index contributed by atoms with van der Waals surface area (Å²) in [6, 6.07) is 13.7. The van der Waals surface area contributed by atoms with E-state index in [0.717, 1.165) is 0 Å². The van der Waals surface area contributed by atoms with Crippen molar-refractivity contribution in [2.75, 3.05) is 19.6 Å². The molecule has 28 heavy (non-hydrogen) atoms. The molecule has 2 N–H and O–H groups in total. The molecule has 0 aromatic heterocycles. The molecule has 1 heterocycles. The maximum atomic E-state index is 13.3. The molecule has 1 saturated heterocycles. The Hall–Kier alpha value is -2.29. The van der Waals surface area contributed by atoms with Gasteiger partial charge in [-0.1, -0.05) is 30.3 Å². The fourth-order valence-electron chi connectivity index (χ4n) is 3.29. The van der Waals surface area contributed by atoms with Crippen molar-refractivity contribution in [3.63, 3.8) is 0 Å². The highest BCUT2D eigenvalue weighted by molar-refractivity contribution is 7.89. The number of piperidine rings is 1. The van der Waals surface area contributed by atoms with Crippen LogP contribution >= 0.6 is 0 Å². The molecule has 2 aromatic carbocycles. The number of hydrogen-bond donors (Lipinski definition) is 2. The minimum absolute atomic E-state index is 0.0653. The molecule has 0 bridgehead atoms. The number of aliphatic hydroxyl groups is 1. The molecular formula is C20H23FN2O4S. The zero-order chi connectivity index (χ0) is 20.1. The molecule has 1 fully saturated rings. The predicted molar refractivity (Wildman–Crippen MR) is 102 cm³/mol. The summed E-state index contributed by atoms with van der Waals surface area (Å²) in [5.74, 6) is -1.27. The summed E-state index contributed by atoms with van der Waals surface area (Å²) in [5, 5.41) is 12.8. The van der Waals surface area contributed by atoms with Gasteiger partial charge >= 0.3 is 0 Å². The molecule has 3 rings (SSSR count). The highest BCUT2D eigenvalue weighted by Gasteiger charge is 2.33. The number of nitrogens with one attached hydrogen (secondary N) is 1. The quantitative estimate of drug-likeness (QED) is 0.769. The molecule has 0 radical (unpaired) electrons. The fourth-order valence-corrected chi connectivity index (χ4v) is 4.83. The summed E-state index contributed by atoms with van der Waals surface area (Å²) in [5.41, 5.74) is 0.372. The second-order valence-corrected chi connectivity index (χ2v) is 8.77. The van der Waals surface area contributed by atoms with Gasteiger partial charge in [0.05, 0.1) is 16.9 Å². The second kappa shape index (κ2) is 8.81. The van der Waals surface area contributed by atoms with Crippen LogP contribution in [0.5, 0.6) is 0 Å². The van der Waals surface area contributed by atoms with Crippen molar-refractivity contribution in [1.29, 1.82) is 0 Å². The Labute approximate surface area is 164 Å². The van der Waals surface area contributed by atoms with Gasteiger partial charge in [-0.25, -0.2) is 12.8 Å². The van der Waals surface area contributed by atoms with E-state index in [9.17, 15) is 22.7 Å². The molecule has 0 spiro atoms. The lowest BCUT2D eigenvalue weighted by Gasteiger charge is -2.31. The minimum Gasteiger partial charge on any atom is -0.387 e. The zero-order valence-electron chi connectivity index (χ0n) is 15.3. The van der Waals surface area contributed by atoms with Crippen LogP contribution in [0, 0.1) is 11.7 Å². The summed E-state index contributed by atoms with van der Waals surface area (Å²) < 4.78 is 40.1. The van der Waals surface area contributed by atoms with Crippen molar-refractivity contribution in [3.05, 3.63) is 66.0 Å². The maximum Gasteiger partial charge on any atom is 0.243 e. The van der Waals surface area contributed by atoms with Gasteiger partial charge in [0.15, 0.2) is 0 Å². The first-order chi connectivity index (χ1) is 13.4. The Bertz CT molecular complexity index is 921. The second-order valence-electron chi connectivity index (χ2n) is 6.83. The van der Waals surface area contributed by atoms with Crippen molar-refractivity contribution in [1.82, 2.24) is 9.62 Å². The van der Waals surface area contributed by atoms with Gasteiger partial charge in [-0.15, -0.1) is 0 Å². The number of carbonyl (C=O) groups is 1. The molecule has 2 unspecified atom stereocenters. The van der Waals surface area contributed by atoms with E-state index in [1.807, 2.05) is 0 Å². The first kappa shape index (κ1) is 20.4. The normalized spacial score (nSPS) is 19.1. The van der Waals surface area contributed by atoms with E-state index in [2.05, 4.69) is 5.32 Å². The predicted octanol–water partition coefficient (Wildman–Crippen LogP) is 2.08. The van der Waals surface area contributed by atoms with E-state index in [1.54, 1.807) is 24.3 Å². The van der Waals surface area contributed by atoms with Crippen molar-refractivity contribution < 1.29 is 22.7 Å². The van der Waals surface area contributed by atoms with E-state index >= 15 is 0 Å². The third-order valence-corrected chi connectivity index (χ3v) is 6.72. The van der Waals surface area contributed by atoms with E-state index in [4.69, 9.17) is 0 Å². The maximum absolute atomic E-state index is 13.3. The van der Waals surface area contributed by atoms with Crippen LogP contribution in [-0.2, 0) is 14.8 Å².